The highest BCUT2D eigenvalue weighted by molar-refractivity contribution is 8.00. The van der Waals surface area contributed by atoms with Crippen LogP contribution in [-0.2, 0) is 9.52 Å². The molecule has 0 radical (unpaired) electrons. The normalized spacial score (nSPS) is 11.4. The van der Waals surface area contributed by atoms with Gasteiger partial charge in [-0.25, -0.2) is 0 Å². The van der Waals surface area contributed by atoms with Crippen molar-refractivity contribution in [1.82, 2.24) is 0 Å². The second kappa shape index (κ2) is 3.10. The third-order valence-corrected chi connectivity index (χ3v) is 1.72. The van der Waals surface area contributed by atoms with E-state index in [4.69, 9.17) is 5.73 Å². The van der Waals surface area contributed by atoms with E-state index in [1.54, 1.807) is 17.9 Å². The van der Waals surface area contributed by atoms with Crippen LogP contribution in [0, 0.1) is 0 Å². The summed E-state index contributed by atoms with van der Waals surface area (Å²) >= 11 is 0. The van der Waals surface area contributed by atoms with Gasteiger partial charge in [-0.3, -0.25) is 4.21 Å². The number of hydrogen-bond acceptors (Lipinski definition) is 2. The van der Waals surface area contributed by atoms with Gasteiger partial charge in [-0.15, -0.1) is 0 Å². The second-order valence-electron chi connectivity index (χ2n) is 2.05. The first-order valence-corrected chi connectivity index (χ1v) is 4.97. The molecule has 0 aliphatic carbocycles. The Kier molecular flexibility index (Phi) is 3.09. The van der Waals surface area contributed by atoms with Crippen LogP contribution < -0.4 is 5.73 Å². The molecular weight excluding hydrogens is 122 g/mol. The molecule has 0 rings (SSSR count). The predicted molar refractivity (Wildman–Crippen MR) is 39.7 cm³/mol. The van der Waals surface area contributed by atoms with Crippen LogP contribution in [0.3, 0.4) is 0 Å². The molecule has 0 heterocycles. The van der Waals surface area contributed by atoms with Gasteiger partial charge in [0.2, 0.25) is 0 Å². The minimum Gasteiger partial charge on any atom is -0.330 e. The van der Waals surface area contributed by atoms with Crippen molar-refractivity contribution >= 4 is 14.9 Å². The van der Waals surface area contributed by atoms with E-state index in [1.165, 1.54) is 0 Å². The molecule has 0 fully saturated rings. The standard InChI is InChI=1S/C5H13NOS/c1-8(2,7)5-3-4-6/h5H,3-4,6H2,1-2H3. The Balaban J connectivity index is 3.78. The van der Waals surface area contributed by atoms with Gasteiger partial charge in [0.15, 0.2) is 0 Å². The predicted octanol–water partition coefficient (Wildman–Crippen LogP) is -0.319. The highest BCUT2D eigenvalue weighted by Gasteiger charge is 1.83. The van der Waals surface area contributed by atoms with E-state index < -0.39 is 9.52 Å². The largest absolute Gasteiger partial charge is 0.330 e. The highest BCUT2D eigenvalue weighted by atomic mass is 32.2. The van der Waals surface area contributed by atoms with Gasteiger partial charge in [-0.1, -0.05) is 0 Å². The molecule has 0 amide bonds. The minimum atomic E-state index is -1.64. The minimum absolute atomic E-state index is 0.596. The third kappa shape index (κ3) is 5.98. The van der Waals surface area contributed by atoms with Crippen molar-refractivity contribution in [3.63, 3.8) is 0 Å². The zero-order valence-corrected chi connectivity index (χ0v) is 6.20. The maximum Gasteiger partial charge on any atom is 0.00431 e. The zero-order valence-electron chi connectivity index (χ0n) is 5.39. The molecule has 2 N–H and O–H groups in total. The van der Waals surface area contributed by atoms with Crippen LogP contribution in [-0.4, -0.2) is 28.6 Å². The maximum atomic E-state index is 10.8. The van der Waals surface area contributed by atoms with Crippen LogP contribution >= 0.6 is 0 Å². The lowest BCUT2D eigenvalue weighted by Gasteiger charge is -1.90. The summed E-state index contributed by atoms with van der Waals surface area (Å²) in [7, 11) is -1.64. The lowest BCUT2D eigenvalue weighted by molar-refractivity contribution is 0.688. The zero-order chi connectivity index (χ0) is 6.62. The Morgan fingerprint density at radius 2 is 2.12 bits per heavy atom. The summed E-state index contributed by atoms with van der Waals surface area (Å²) in [5.41, 5.74) is 5.18. The first kappa shape index (κ1) is 7.98. The first-order chi connectivity index (χ1) is 3.56. The van der Waals surface area contributed by atoms with E-state index in [-0.39, 0.29) is 0 Å². The van der Waals surface area contributed by atoms with E-state index in [0.717, 1.165) is 6.42 Å². The fourth-order valence-corrected chi connectivity index (χ4v) is 1.06. The Hall–Kier alpha value is -0.0200. The summed E-state index contributed by atoms with van der Waals surface area (Å²) in [5.74, 6) is 0. The molecule has 0 aromatic rings. The first-order valence-electron chi connectivity index (χ1n) is 2.54. The lowest BCUT2D eigenvalue weighted by Crippen LogP contribution is -2.04. The van der Waals surface area contributed by atoms with E-state index in [9.17, 15) is 4.21 Å². The number of nitrogens with two attached hydrogens (primary N) is 1. The van der Waals surface area contributed by atoms with Crippen molar-refractivity contribution in [2.24, 2.45) is 5.73 Å². The summed E-state index contributed by atoms with van der Waals surface area (Å²) in [6, 6.07) is 0. The Labute approximate surface area is 51.1 Å². The van der Waals surface area contributed by atoms with Gasteiger partial charge in [0.25, 0.3) is 0 Å². The fourth-order valence-electron chi connectivity index (χ4n) is 0.352. The quantitative estimate of drug-likeness (QED) is 0.527. The van der Waals surface area contributed by atoms with Gasteiger partial charge in [0.1, 0.15) is 0 Å². The van der Waals surface area contributed by atoms with Crippen LogP contribution in [0.4, 0.5) is 0 Å². The van der Waals surface area contributed by atoms with Crippen LogP contribution in [0.2, 0.25) is 0 Å². The van der Waals surface area contributed by atoms with Gasteiger partial charge in [0.05, 0.1) is 0 Å². The SMILES string of the molecule is CS(C)(=O)=CCCN. The molecule has 0 aromatic carbocycles. The van der Waals surface area contributed by atoms with Crippen LogP contribution in [0.1, 0.15) is 6.42 Å². The van der Waals surface area contributed by atoms with E-state index in [1.807, 2.05) is 0 Å². The number of hydrogen-bond donors (Lipinski definition) is 1. The van der Waals surface area contributed by atoms with Gasteiger partial charge in [-0.2, -0.15) is 0 Å². The molecular formula is C5H13NOS. The average Bonchev–Trinajstić information content (AvgIpc) is 1.59. The Morgan fingerprint density at radius 1 is 1.62 bits per heavy atom. The Morgan fingerprint density at radius 3 is 2.25 bits per heavy atom. The molecule has 0 saturated carbocycles. The summed E-state index contributed by atoms with van der Waals surface area (Å²) in [6.45, 7) is 0.596. The molecule has 0 atom stereocenters. The average molecular weight is 135 g/mol. The van der Waals surface area contributed by atoms with E-state index in [0.29, 0.717) is 6.54 Å². The van der Waals surface area contributed by atoms with Crippen molar-refractivity contribution < 1.29 is 4.21 Å². The summed E-state index contributed by atoms with van der Waals surface area (Å²) in [4.78, 5) is 0. The lowest BCUT2D eigenvalue weighted by atomic mass is 10.5. The molecule has 0 bridgehead atoms. The molecule has 0 unspecified atom stereocenters. The van der Waals surface area contributed by atoms with Crippen molar-refractivity contribution in [2.45, 2.75) is 6.42 Å². The molecule has 50 valence electrons. The molecule has 2 nitrogen and oxygen atoms in total. The molecule has 3 heteroatoms. The van der Waals surface area contributed by atoms with E-state index >= 15 is 0 Å². The second-order valence-corrected chi connectivity index (χ2v) is 5.00. The topological polar surface area (TPSA) is 43.1 Å². The highest BCUT2D eigenvalue weighted by Crippen LogP contribution is 1.76. The van der Waals surface area contributed by atoms with Crippen molar-refractivity contribution in [3.05, 3.63) is 0 Å². The summed E-state index contributed by atoms with van der Waals surface area (Å²) < 4.78 is 10.8. The van der Waals surface area contributed by atoms with Gasteiger partial charge < -0.3 is 5.73 Å². The van der Waals surface area contributed by atoms with Gasteiger partial charge >= 0.3 is 0 Å². The molecule has 0 aromatic heterocycles. The van der Waals surface area contributed by atoms with E-state index in [2.05, 4.69) is 0 Å². The molecule has 8 heavy (non-hydrogen) atoms. The summed E-state index contributed by atoms with van der Waals surface area (Å²) in [6.07, 6.45) is 4.18. The van der Waals surface area contributed by atoms with Gasteiger partial charge in [0, 0.05) is 12.5 Å². The maximum absolute atomic E-state index is 10.8. The van der Waals surface area contributed by atoms with Crippen LogP contribution in [0.5, 0.6) is 0 Å². The van der Waals surface area contributed by atoms with Gasteiger partial charge in [-0.05, 0) is 27.9 Å². The molecule has 0 saturated heterocycles. The van der Waals surface area contributed by atoms with Crippen molar-refractivity contribution in [2.75, 3.05) is 19.1 Å². The number of rotatable bonds is 2. The molecule has 0 aliphatic heterocycles. The third-order valence-electron chi connectivity index (χ3n) is 0.686. The van der Waals surface area contributed by atoms with Crippen LogP contribution in [0.25, 0.3) is 0 Å². The summed E-state index contributed by atoms with van der Waals surface area (Å²) in [5, 5.41) is 1.77. The van der Waals surface area contributed by atoms with Crippen molar-refractivity contribution in [3.8, 4) is 0 Å². The molecule has 0 spiro atoms. The fraction of sp³-hybridized carbons (Fsp3) is 0.800. The van der Waals surface area contributed by atoms with Crippen molar-refractivity contribution in [1.29, 1.82) is 0 Å². The molecule has 0 aliphatic rings. The smallest absolute Gasteiger partial charge is 0.00431 e. The monoisotopic (exact) mass is 135 g/mol. The van der Waals surface area contributed by atoms with Crippen LogP contribution in [0.15, 0.2) is 0 Å². The Bertz CT molecular complexity index is 148.